The third kappa shape index (κ3) is 4.76. The van der Waals surface area contributed by atoms with Gasteiger partial charge in [-0.15, -0.1) is 0 Å². The number of benzene rings is 2. The van der Waals surface area contributed by atoms with E-state index in [1.807, 2.05) is 12.1 Å². The van der Waals surface area contributed by atoms with Crippen molar-refractivity contribution >= 4 is 0 Å². The Kier molecular flexibility index (Phi) is 8.12. The van der Waals surface area contributed by atoms with E-state index in [4.69, 9.17) is 19.7 Å². The molecule has 2 N–H and O–H groups in total. The zero-order chi connectivity index (χ0) is 21.6. The number of rotatable bonds is 10. The van der Waals surface area contributed by atoms with E-state index >= 15 is 0 Å². The smallest absolute Gasteiger partial charge is 0.122 e. The predicted molar refractivity (Wildman–Crippen MR) is 118 cm³/mol. The molecule has 0 saturated heterocycles. The van der Waals surface area contributed by atoms with Crippen molar-refractivity contribution in [2.45, 2.75) is 47.0 Å². The van der Waals surface area contributed by atoms with Gasteiger partial charge in [-0.1, -0.05) is 52.0 Å². The van der Waals surface area contributed by atoms with Crippen LogP contribution in [0.2, 0.25) is 0 Å². The van der Waals surface area contributed by atoms with E-state index in [0.717, 1.165) is 22.6 Å². The van der Waals surface area contributed by atoms with Gasteiger partial charge in [0.05, 0.1) is 13.2 Å². The fourth-order valence-corrected chi connectivity index (χ4v) is 4.62. The highest BCUT2D eigenvalue weighted by atomic mass is 16.5. The molecular weight excluding hydrogens is 364 g/mol. The van der Waals surface area contributed by atoms with Crippen molar-refractivity contribution in [3.8, 4) is 11.5 Å². The largest absolute Gasteiger partial charge is 0.491 e. The minimum Gasteiger partial charge on any atom is -0.491 e. The summed E-state index contributed by atoms with van der Waals surface area (Å²) in [5, 5.41) is 18.1. The van der Waals surface area contributed by atoms with E-state index in [0.29, 0.717) is 25.0 Å². The SMILES string of the molecule is Cc1cc(C(c2ccc(OCCO)c(C)c2)(C(C)C)C(C)C)ccc1OCCO. The van der Waals surface area contributed by atoms with Gasteiger partial charge in [-0.25, -0.2) is 0 Å². The standard InChI is InChI=1S/C25H36O4/c1-17(2)25(18(3)4,21-7-9-23(19(5)15-21)28-13-11-26)22-8-10-24(20(6)16-22)29-14-12-27/h7-10,15-18,26-27H,11-14H2,1-6H3. The zero-order valence-electron chi connectivity index (χ0n) is 18.7. The van der Waals surface area contributed by atoms with Crippen LogP contribution in [-0.2, 0) is 5.41 Å². The van der Waals surface area contributed by atoms with Crippen molar-refractivity contribution in [1.82, 2.24) is 0 Å². The lowest BCUT2D eigenvalue weighted by Crippen LogP contribution is -2.39. The molecule has 0 amide bonds. The van der Waals surface area contributed by atoms with Crippen LogP contribution in [0.1, 0.15) is 49.9 Å². The first-order chi connectivity index (χ1) is 13.8. The molecule has 0 aliphatic carbocycles. The van der Waals surface area contributed by atoms with Gasteiger partial charge in [0.2, 0.25) is 0 Å². The van der Waals surface area contributed by atoms with Crippen molar-refractivity contribution in [2.24, 2.45) is 11.8 Å². The fraction of sp³-hybridized carbons (Fsp3) is 0.520. The second kappa shape index (κ2) is 10.1. The molecule has 4 heteroatoms. The van der Waals surface area contributed by atoms with Gasteiger partial charge in [0.25, 0.3) is 0 Å². The summed E-state index contributed by atoms with van der Waals surface area (Å²) in [6.45, 7) is 13.8. The number of ether oxygens (including phenoxy) is 2. The second-order valence-electron chi connectivity index (χ2n) is 8.28. The molecule has 4 nitrogen and oxygen atoms in total. The van der Waals surface area contributed by atoms with E-state index in [2.05, 4.69) is 65.8 Å². The molecule has 0 spiro atoms. The first kappa shape index (κ1) is 23.2. The van der Waals surface area contributed by atoms with Crippen molar-refractivity contribution in [3.05, 3.63) is 58.7 Å². The number of aliphatic hydroxyl groups excluding tert-OH is 2. The Morgan fingerprint density at radius 3 is 1.38 bits per heavy atom. The topological polar surface area (TPSA) is 58.9 Å². The molecule has 0 saturated carbocycles. The van der Waals surface area contributed by atoms with Gasteiger partial charge < -0.3 is 19.7 Å². The van der Waals surface area contributed by atoms with Crippen molar-refractivity contribution in [1.29, 1.82) is 0 Å². The molecule has 0 heterocycles. The summed E-state index contributed by atoms with van der Waals surface area (Å²) in [6.07, 6.45) is 0. The van der Waals surface area contributed by atoms with E-state index in [-0.39, 0.29) is 18.6 Å². The van der Waals surface area contributed by atoms with Gasteiger partial charge in [-0.2, -0.15) is 0 Å². The number of aliphatic hydroxyl groups is 2. The molecule has 2 aromatic rings. The highest BCUT2D eigenvalue weighted by molar-refractivity contribution is 5.49. The molecule has 0 aliphatic heterocycles. The quantitative estimate of drug-likeness (QED) is 0.610. The van der Waals surface area contributed by atoms with Gasteiger partial charge in [0, 0.05) is 5.41 Å². The van der Waals surface area contributed by atoms with Gasteiger partial charge in [0.15, 0.2) is 0 Å². The Morgan fingerprint density at radius 2 is 1.10 bits per heavy atom. The van der Waals surface area contributed by atoms with Gasteiger partial charge in [-0.05, 0) is 60.1 Å². The highest BCUT2D eigenvalue weighted by Crippen LogP contribution is 2.47. The van der Waals surface area contributed by atoms with Crippen LogP contribution in [0.25, 0.3) is 0 Å². The van der Waals surface area contributed by atoms with Gasteiger partial charge in [-0.3, -0.25) is 0 Å². The first-order valence-corrected chi connectivity index (χ1v) is 10.5. The fourth-order valence-electron chi connectivity index (χ4n) is 4.62. The maximum atomic E-state index is 9.05. The van der Waals surface area contributed by atoms with E-state index in [1.54, 1.807) is 0 Å². The lowest BCUT2D eigenvalue weighted by atomic mass is 9.60. The molecular formula is C25H36O4. The molecule has 2 aromatic carbocycles. The first-order valence-electron chi connectivity index (χ1n) is 10.5. The van der Waals surface area contributed by atoms with Crippen molar-refractivity contribution in [2.75, 3.05) is 26.4 Å². The Balaban J connectivity index is 2.58. The second-order valence-corrected chi connectivity index (χ2v) is 8.28. The molecule has 0 radical (unpaired) electrons. The Morgan fingerprint density at radius 1 is 0.724 bits per heavy atom. The summed E-state index contributed by atoms with van der Waals surface area (Å²) < 4.78 is 11.3. The molecule has 0 aromatic heterocycles. The molecule has 2 rings (SSSR count). The summed E-state index contributed by atoms with van der Waals surface area (Å²) in [6, 6.07) is 12.8. The van der Waals surface area contributed by atoms with Crippen molar-refractivity contribution < 1.29 is 19.7 Å². The highest BCUT2D eigenvalue weighted by Gasteiger charge is 2.41. The minimum atomic E-state index is -0.166. The van der Waals surface area contributed by atoms with E-state index in [9.17, 15) is 0 Å². The number of hydrogen-bond donors (Lipinski definition) is 2. The van der Waals surface area contributed by atoms with Crippen LogP contribution >= 0.6 is 0 Å². The number of hydrogen-bond acceptors (Lipinski definition) is 4. The summed E-state index contributed by atoms with van der Waals surface area (Å²) in [5.74, 6) is 2.37. The third-order valence-corrected chi connectivity index (χ3v) is 5.82. The van der Waals surface area contributed by atoms with Crippen LogP contribution in [0.15, 0.2) is 36.4 Å². The van der Waals surface area contributed by atoms with Crippen LogP contribution in [-0.4, -0.2) is 36.6 Å². The normalized spacial score (nSPS) is 11.9. The third-order valence-electron chi connectivity index (χ3n) is 5.82. The Bertz CT molecular complexity index is 728. The molecule has 0 aliphatic rings. The molecule has 29 heavy (non-hydrogen) atoms. The molecule has 0 fully saturated rings. The molecule has 0 unspecified atom stereocenters. The van der Waals surface area contributed by atoms with Crippen LogP contribution < -0.4 is 9.47 Å². The average Bonchev–Trinajstić information content (AvgIpc) is 2.66. The van der Waals surface area contributed by atoms with Gasteiger partial charge in [0.1, 0.15) is 24.7 Å². The van der Waals surface area contributed by atoms with Crippen LogP contribution in [0.3, 0.4) is 0 Å². The van der Waals surface area contributed by atoms with Gasteiger partial charge >= 0.3 is 0 Å². The average molecular weight is 401 g/mol. The molecule has 160 valence electrons. The maximum absolute atomic E-state index is 9.05. The van der Waals surface area contributed by atoms with Crippen molar-refractivity contribution in [3.63, 3.8) is 0 Å². The maximum Gasteiger partial charge on any atom is 0.122 e. The Hall–Kier alpha value is -2.04. The zero-order valence-corrected chi connectivity index (χ0v) is 18.7. The summed E-state index contributed by atoms with van der Waals surface area (Å²) in [7, 11) is 0. The monoisotopic (exact) mass is 400 g/mol. The van der Waals surface area contributed by atoms with E-state index < -0.39 is 0 Å². The van der Waals surface area contributed by atoms with Crippen LogP contribution in [0.5, 0.6) is 11.5 Å². The van der Waals surface area contributed by atoms with Crippen LogP contribution in [0.4, 0.5) is 0 Å². The van der Waals surface area contributed by atoms with Crippen LogP contribution in [0, 0.1) is 25.7 Å². The summed E-state index contributed by atoms with van der Waals surface area (Å²) in [4.78, 5) is 0. The Labute approximate surface area is 175 Å². The molecule has 0 atom stereocenters. The molecule has 0 bridgehead atoms. The number of aryl methyl sites for hydroxylation is 2. The lowest BCUT2D eigenvalue weighted by molar-refractivity contribution is 0.200. The predicted octanol–water partition coefficient (Wildman–Crippen LogP) is 4.64. The minimum absolute atomic E-state index is 0.00704. The lowest BCUT2D eigenvalue weighted by Gasteiger charge is -2.43. The van der Waals surface area contributed by atoms with E-state index in [1.165, 1.54) is 11.1 Å². The summed E-state index contributed by atoms with van der Waals surface area (Å²) in [5.41, 5.74) is 4.50. The summed E-state index contributed by atoms with van der Waals surface area (Å²) >= 11 is 0.